The molecule has 96 valence electrons. The van der Waals surface area contributed by atoms with Gasteiger partial charge in [0.1, 0.15) is 0 Å². The lowest BCUT2D eigenvalue weighted by Crippen LogP contribution is -2.35. The number of hydrogen-bond donors (Lipinski definition) is 1. The van der Waals surface area contributed by atoms with Crippen molar-refractivity contribution in [3.63, 3.8) is 0 Å². The molecule has 6 heteroatoms. The van der Waals surface area contributed by atoms with Crippen LogP contribution in [-0.4, -0.2) is 13.7 Å². The molecule has 2 rings (SSSR count). The average molecular weight is 338 g/mol. The molecule has 0 saturated heterocycles. The van der Waals surface area contributed by atoms with Gasteiger partial charge in [0.05, 0.1) is 9.04 Å². The van der Waals surface area contributed by atoms with Gasteiger partial charge in [0.25, 0.3) is 0 Å². The molecule has 1 fully saturated rings. The first-order valence-corrected chi connectivity index (χ1v) is 8.96. The Morgan fingerprint density at radius 3 is 2.59 bits per heavy atom. The molecule has 1 N–H and O–H groups in total. The average Bonchev–Trinajstić information content (AvgIpc) is 2.74. The van der Waals surface area contributed by atoms with Crippen LogP contribution in [0.25, 0.3) is 0 Å². The molecule has 0 radical (unpaired) electrons. The van der Waals surface area contributed by atoms with Crippen molar-refractivity contribution in [2.75, 3.05) is 0 Å². The van der Waals surface area contributed by atoms with Crippen LogP contribution in [-0.2, 0) is 16.6 Å². The van der Waals surface area contributed by atoms with Crippen molar-refractivity contribution in [1.29, 1.82) is 0 Å². The van der Waals surface area contributed by atoms with Crippen LogP contribution in [0.5, 0.6) is 0 Å². The highest BCUT2D eigenvalue weighted by Crippen LogP contribution is 2.25. The normalized spacial score (nSPS) is 18.4. The van der Waals surface area contributed by atoms with E-state index < -0.39 is 10.0 Å². The summed E-state index contributed by atoms with van der Waals surface area (Å²) in [6.07, 6.45) is 4.86. The molecule has 0 spiro atoms. The van der Waals surface area contributed by atoms with Crippen LogP contribution in [0.15, 0.2) is 15.9 Å². The fraction of sp³-hybridized carbons (Fsp3) is 0.636. The number of rotatable bonds is 4. The largest absolute Gasteiger partial charge is 0.214 e. The molecule has 3 nitrogen and oxygen atoms in total. The summed E-state index contributed by atoms with van der Waals surface area (Å²) >= 11 is 4.94. The molecule has 0 atom stereocenters. The molecular formula is C11H16BrNO2S2. The van der Waals surface area contributed by atoms with Gasteiger partial charge in [-0.05, 0) is 40.9 Å². The summed E-state index contributed by atoms with van der Waals surface area (Å²) < 4.78 is 27.8. The Bertz CT molecular complexity index is 464. The number of sulfonamides is 1. The van der Waals surface area contributed by atoms with Crippen LogP contribution in [0, 0.1) is 0 Å². The van der Waals surface area contributed by atoms with E-state index in [0.29, 0.717) is 6.54 Å². The predicted octanol–water partition coefficient (Wildman–Crippen LogP) is 3.26. The highest BCUT2D eigenvalue weighted by atomic mass is 79.9. The second kappa shape index (κ2) is 5.82. The number of halogens is 1. The Labute approximate surface area is 115 Å². The van der Waals surface area contributed by atoms with Crippen molar-refractivity contribution in [3.8, 4) is 0 Å². The maximum absolute atomic E-state index is 12.0. The lowest BCUT2D eigenvalue weighted by molar-refractivity contribution is 0.477. The Morgan fingerprint density at radius 2 is 2.00 bits per heavy atom. The molecule has 1 aliphatic rings. The van der Waals surface area contributed by atoms with Gasteiger partial charge >= 0.3 is 0 Å². The zero-order valence-corrected chi connectivity index (χ0v) is 12.7. The minimum absolute atomic E-state index is 0.181. The summed E-state index contributed by atoms with van der Waals surface area (Å²) in [7, 11) is -3.13. The van der Waals surface area contributed by atoms with Crippen LogP contribution >= 0.6 is 27.3 Å². The van der Waals surface area contributed by atoms with E-state index in [2.05, 4.69) is 20.7 Å². The standard InChI is InChI=1S/C11H16BrNO2S2/c12-11-7-6-9(16-11)8-13-17(14,15)10-4-2-1-3-5-10/h6-7,10,13H,1-5,8H2. The third-order valence-corrected chi connectivity index (χ3v) is 6.59. The molecular weight excluding hydrogens is 322 g/mol. The zero-order valence-electron chi connectivity index (χ0n) is 9.49. The number of nitrogens with one attached hydrogen (secondary N) is 1. The van der Waals surface area contributed by atoms with Gasteiger partial charge in [-0.3, -0.25) is 0 Å². The fourth-order valence-electron chi connectivity index (χ4n) is 2.11. The van der Waals surface area contributed by atoms with Crippen molar-refractivity contribution in [2.45, 2.75) is 43.9 Å². The second-order valence-corrected chi connectivity index (χ2v) is 8.92. The van der Waals surface area contributed by atoms with Gasteiger partial charge in [-0.2, -0.15) is 0 Å². The van der Waals surface area contributed by atoms with Gasteiger partial charge in [0.15, 0.2) is 0 Å². The van der Waals surface area contributed by atoms with Crippen molar-refractivity contribution >= 4 is 37.3 Å². The quantitative estimate of drug-likeness (QED) is 0.916. The second-order valence-electron chi connectivity index (χ2n) is 4.33. The maximum atomic E-state index is 12.0. The Morgan fingerprint density at radius 1 is 1.29 bits per heavy atom. The number of thiophene rings is 1. The van der Waals surface area contributed by atoms with E-state index in [1.807, 2.05) is 12.1 Å². The smallest absolute Gasteiger partial charge is 0.212 e. The van der Waals surface area contributed by atoms with E-state index in [1.54, 1.807) is 11.3 Å². The minimum Gasteiger partial charge on any atom is -0.212 e. The van der Waals surface area contributed by atoms with Crippen LogP contribution in [0.3, 0.4) is 0 Å². The summed E-state index contributed by atoms with van der Waals surface area (Å²) in [5.41, 5.74) is 0. The predicted molar refractivity (Wildman–Crippen MR) is 74.7 cm³/mol. The third kappa shape index (κ3) is 3.77. The monoisotopic (exact) mass is 337 g/mol. The molecule has 0 amide bonds. The molecule has 1 aromatic rings. The van der Waals surface area contributed by atoms with Crippen LogP contribution < -0.4 is 4.72 Å². The van der Waals surface area contributed by atoms with E-state index in [0.717, 1.165) is 34.3 Å². The summed E-state index contributed by atoms with van der Waals surface area (Å²) in [6.45, 7) is 0.412. The summed E-state index contributed by atoms with van der Waals surface area (Å²) in [5.74, 6) is 0. The van der Waals surface area contributed by atoms with Crippen molar-refractivity contribution in [3.05, 3.63) is 20.8 Å². The maximum Gasteiger partial charge on any atom is 0.214 e. The summed E-state index contributed by atoms with van der Waals surface area (Å²) in [6, 6.07) is 3.88. The number of hydrogen-bond acceptors (Lipinski definition) is 3. The first-order valence-electron chi connectivity index (χ1n) is 5.80. The highest BCUT2D eigenvalue weighted by molar-refractivity contribution is 9.11. The molecule has 17 heavy (non-hydrogen) atoms. The van der Waals surface area contributed by atoms with Gasteiger partial charge < -0.3 is 0 Å². The first kappa shape index (κ1) is 13.5. The van der Waals surface area contributed by atoms with E-state index in [-0.39, 0.29) is 5.25 Å². The van der Waals surface area contributed by atoms with Crippen molar-refractivity contribution in [1.82, 2.24) is 4.72 Å². The van der Waals surface area contributed by atoms with Gasteiger partial charge in [-0.15, -0.1) is 11.3 Å². The molecule has 0 aliphatic heterocycles. The van der Waals surface area contributed by atoms with Crippen LogP contribution in [0.2, 0.25) is 0 Å². The summed E-state index contributed by atoms with van der Waals surface area (Å²) in [5, 5.41) is -0.181. The molecule has 0 bridgehead atoms. The van der Waals surface area contributed by atoms with Gasteiger partial charge in [0, 0.05) is 11.4 Å². The molecule has 1 heterocycles. The van der Waals surface area contributed by atoms with Crippen LogP contribution in [0.4, 0.5) is 0 Å². The SMILES string of the molecule is O=S(=O)(NCc1ccc(Br)s1)C1CCCCC1. The Hall–Kier alpha value is 0.0900. The lowest BCUT2D eigenvalue weighted by Gasteiger charge is -2.21. The van der Waals surface area contributed by atoms with Crippen molar-refractivity contribution in [2.24, 2.45) is 0 Å². The van der Waals surface area contributed by atoms with Gasteiger partial charge in [-0.1, -0.05) is 19.3 Å². The zero-order chi connectivity index (χ0) is 12.3. The highest BCUT2D eigenvalue weighted by Gasteiger charge is 2.26. The summed E-state index contributed by atoms with van der Waals surface area (Å²) in [4.78, 5) is 1.04. The third-order valence-electron chi connectivity index (χ3n) is 3.07. The Kier molecular flexibility index (Phi) is 4.63. The van der Waals surface area contributed by atoms with Crippen molar-refractivity contribution < 1.29 is 8.42 Å². The Balaban J connectivity index is 1.92. The van der Waals surface area contributed by atoms with E-state index in [9.17, 15) is 8.42 Å². The molecule has 0 aromatic carbocycles. The van der Waals surface area contributed by atoms with Gasteiger partial charge in [0.2, 0.25) is 10.0 Å². The molecule has 1 aromatic heterocycles. The van der Waals surface area contributed by atoms with E-state index in [1.165, 1.54) is 6.42 Å². The first-order chi connectivity index (χ1) is 8.08. The minimum atomic E-state index is -3.13. The van der Waals surface area contributed by atoms with E-state index >= 15 is 0 Å². The van der Waals surface area contributed by atoms with Gasteiger partial charge in [-0.25, -0.2) is 13.1 Å². The fourth-order valence-corrected chi connectivity index (χ4v) is 5.17. The topological polar surface area (TPSA) is 46.2 Å². The molecule has 1 aliphatic carbocycles. The van der Waals surface area contributed by atoms with E-state index in [4.69, 9.17) is 0 Å². The molecule has 0 unspecified atom stereocenters. The lowest BCUT2D eigenvalue weighted by atomic mass is 10.0. The van der Waals surface area contributed by atoms with Crippen LogP contribution in [0.1, 0.15) is 37.0 Å². The molecule has 1 saturated carbocycles.